The largest absolute Gasteiger partial charge is 0.473 e. The lowest BCUT2D eigenvalue weighted by atomic mass is 10.6. The number of aliphatic carboxylic acids is 1. The number of carboxylic acids is 1. The standard InChI is InChI=1S/C5H4O5/c1-2-3(6)10-5(9)4(7)8/h2H,1H2,(H,7,8). The summed E-state index contributed by atoms with van der Waals surface area (Å²) >= 11 is 0. The number of hydrogen-bond donors (Lipinski definition) is 1. The van der Waals surface area contributed by atoms with Gasteiger partial charge in [-0.25, -0.2) is 14.4 Å². The second-order valence-corrected chi connectivity index (χ2v) is 1.22. The molecule has 0 saturated carbocycles. The number of esters is 2. The first kappa shape index (κ1) is 8.35. The smallest absolute Gasteiger partial charge is 0.425 e. The number of carbonyl (C=O) groups is 3. The molecule has 0 aliphatic heterocycles. The van der Waals surface area contributed by atoms with Gasteiger partial charge in [0.05, 0.1) is 0 Å². The van der Waals surface area contributed by atoms with Crippen molar-refractivity contribution in [2.24, 2.45) is 0 Å². The van der Waals surface area contributed by atoms with Crippen LogP contribution in [0.2, 0.25) is 0 Å². The van der Waals surface area contributed by atoms with E-state index in [1.165, 1.54) is 0 Å². The molecule has 0 aliphatic rings. The van der Waals surface area contributed by atoms with Crippen LogP contribution in [0.15, 0.2) is 12.7 Å². The molecule has 0 radical (unpaired) electrons. The maximum absolute atomic E-state index is 10.1. The van der Waals surface area contributed by atoms with Gasteiger partial charge in [-0.15, -0.1) is 0 Å². The molecule has 1 N–H and O–H groups in total. The van der Waals surface area contributed by atoms with E-state index in [-0.39, 0.29) is 0 Å². The fourth-order valence-corrected chi connectivity index (χ4v) is 0.177. The maximum Gasteiger partial charge on any atom is 0.425 e. The van der Waals surface area contributed by atoms with Crippen LogP contribution in [-0.2, 0) is 19.1 Å². The van der Waals surface area contributed by atoms with Crippen LogP contribution >= 0.6 is 0 Å². The predicted molar refractivity (Wildman–Crippen MR) is 28.9 cm³/mol. The maximum atomic E-state index is 10.1. The van der Waals surface area contributed by atoms with Crippen molar-refractivity contribution in [2.45, 2.75) is 0 Å². The van der Waals surface area contributed by atoms with Gasteiger partial charge in [-0.3, -0.25) is 0 Å². The number of hydrogen-bond acceptors (Lipinski definition) is 4. The van der Waals surface area contributed by atoms with E-state index in [2.05, 4.69) is 11.3 Å². The molecule has 0 saturated heterocycles. The molecular weight excluding hydrogens is 140 g/mol. The van der Waals surface area contributed by atoms with Gasteiger partial charge in [0.1, 0.15) is 0 Å². The topological polar surface area (TPSA) is 80.7 Å². The molecule has 5 nitrogen and oxygen atoms in total. The molecule has 0 bridgehead atoms. The van der Waals surface area contributed by atoms with Gasteiger partial charge < -0.3 is 9.84 Å². The molecular formula is C5H4O5. The van der Waals surface area contributed by atoms with Crippen molar-refractivity contribution in [3.05, 3.63) is 12.7 Å². The molecule has 0 aromatic rings. The minimum atomic E-state index is -1.81. The van der Waals surface area contributed by atoms with E-state index in [9.17, 15) is 14.4 Å². The molecule has 54 valence electrons. The second kappa shape index (κ2) is 3.39. The molecule has 0 aromatic carbocycles. The summed E-state index contributed by atoms with van der Waals surface area (Å²) in [6.07, 6.45) is 0.695. The molecule has 0 aromatic heterocycles. The Hall–Kier alpha value is -1.65. The van der Waals surface area contributed by atoms with Crippen LogP contribution in [0.5, 0.6) is 0 Å². The van der Waals surface area contributed by atoms with E-state index in [4.69, 9.17) is 5.11 Å². The molecule has 10 heavy (non-hydrogen) atoms. The van der Waals surface area contributed by atoms with E-state index in [1.54, 1.807) is 0 Å². The van der Waals surface area contributed by atoms with Crippen molar-refractivity contribution in [1.82, 2.24) is 0 Å². The van der Waals surface area contributed by atoms with Crippen molar-refractivity contribution in [3.8, 4) is 0 Å². The molecule has 0 atom stereocenters. The summed E-state index contributed by atoms with van der Waals surface area (Å²) in [5.41, 5.74) is 0. The van der Waals surface area contributed by atoms with Gasteiger partial charge in [0, 0.05) is 6.08 Å². The molecule has 5 heteroatoms. The highest BCUT2D eigenvalue weighted by atomic mass is 16.6. The summed E-state index contributed by atoms with van der Waals surface area (Å²) < 4.78 is 3.67. The van der Waals surface area contributed by atoms with Crippen molar-refractivity contribution >= 4 is 17.9 Å². The van der Waals surface area contributed by atoms with Crippen LogP contribution in [0.4, 0.5) is 0 Å². The fourth-order valence-electron chi connectivity index (χ4n) is 0.177. The zero-order chi connectivity index (χ0) is 8.15. The summed E-state index contributed by atoms with van der Waals surface area (Å²) in [7, 11) is 0. The molecule has 0 rings (SSSR count). The number of carboxylic acid groups (broad SMARTS) is 1. The third-order valence-electron chi connectivity index (χ3n) is 0.535. The van der Waals surface area contributed by atoms with Gasteiger partial charge >= 0.3 is 17.9 Å². The fraction of sp³-hybridized carbons (Fsp3) is 0. The minimum absolute atomic E-state index is 0.695. The van der Waals surface area contributed by atoms with Gasteiger partial charge in [0.25, 0.3) is 0 Å². The minimum Gasteiger partial charge on any atom is -0.473 e. The van der Waals surface area contributed by atoms with E-state index in [1.807, 2.05) is 0 Å². The Labute approximate surface area is 55.9 Å². The molecule has 0 amide bonds. The van der Waals surface area contributed by atoms with Crippen LogP contribution in [0, 0.1) is 0 Å². The average molecular weight is 144 g/mol. The Morgan fingerprint density at radius 1 is 1.40 bits per heavy atom. The molecule has 0 aliphatic carbocycles. The second-order valence-electron chi connectivity index (χ2n) is 1.22. The number of rotatable bonds is 1. The Morgan fingerprint density at radius 3 is 2.20 bits per heavy atom. The van der Waals surface area contributed by atoms with Gasteiger partial charge in [-0.1, -0.05) is 6.58 Å². The van der Waals surface area contributed by atoms with Crippen LogP contribution < -0.4 is 0 Å². The first-order chi connectivity index (χ1) is 4.57. The van der Waals surface area contributed by atoms with Gasteiger partial charge in [-0.2, -0.15) is 0 Å². The Morgan fingerprint density at radius 2 is 1.90 bits per heavy atom. The van der Waals surface area contributed by atoms with Crippen molar-refractivity contribution in [3.63, 3.8) is 0 Å². The molecule has 0 heterocycles. The summed E-state index contributed by atoms with van der Waals surface area (Å²) in [5, 5.41) is 7.87. The number of carbonyl (C=O) groups excluding carboxylic acids is 2. The summed E-state index contributed by atoms with van der Waals surface area (Å²) in [4.78, 5) is 29.8. The van der Waals surface area contributed by atoms with Crippen molar-refractivity contribution in [2.75, 3.05) is 0 Å². The van der Waals surface area contributed by atoms with E-state index < -0.39 is 17.9 Å². The van der Waals surface area contributed by atoms with Crippen molar-refractivity contribution < 1.29 is 24.2 Å². The summed E-state index contributed by atoms with van der Waals surface area (Å²) in [6.45, 7) is 2.95. The summed E-state index contributed by atoms with van der Waals surface area (Å²) in [6, 6.07) is 0. The van der Waals surface area contributed by atoms with Crippen LogP contribution in [0.3, 0.4) is 0 Å². The lowest BCUT2D eigenvalue weighted by molar-refractivity contribution is -0.168. The highest BCUT2D eigenvalue weighted by Gasteiger charge is 2.15. The monoisotopic (exact) mass is 144 g/mol. The van der Waals surface area contributed by atoms with Crippen molar-refractivity contribution in [1.29, 1.82) is 0 Å². The average Bonchev–Trinajstić information content (AvgIpc) is 1.87. The molecule has 0 unspecified atom stereocenters. The number of ether oxygens (including phenoxy) is 1. The van der Waals surface area contributed by atoms with Crippen LogP contribution in [-0.4, -0.2) is 23.0 Å². The predicted octanol–water partition coefficient (Wildman–Crippen LogP) is -0.673. The SMILES string of the molecule is C=CC(=O)OC(=O)C(=O)O. The van der Waals surface area contributed by atoms with E-state index >= 15 is 0 Å². The first-order valence-corrected chi connectivity index (χ1v) is 2.19. The normalized spacial score (nSPS) is 8.00. The van der Waals surface area contributed by atoms with Gasteiger partial charge in [-0.05, 0) is 0 Å². The quantitative estimate of drug-likeness (QED) is 0.228. The Bertz CT molecular complexity index is 192. The highest BCUT2D eigenvalue weighted by molar-refractivity contribution is 6.30. The Kier molecular flexibility index (Phi) is 2.83. The first-order valence-electron chi connectivity index (χ1n) is 2.19. The van der Waals surface area contributed by atoms with E-state index in [0.717, 1.165) is 0 Å². The zero-order valence-electron chi connectivity index (χ0n) is 4.86. The van der Waals surface area contributed by atoms with Gasteiger partial charge in [0.15, 0.2) is 0 Å². The Balaban J connectivity index is 3.92. The third-order valence-corrected chi connectivity index (χ3v) is 0.535. The third kappa shape index (κ3) is 2.61. The molecule has 0 spiro atoms. The summed E-state index contributed by atoms with van der Waals surface area (Å²) in [5.74, 6) is -4.49. The zero-order valence-corrected chi connectivity index (χ0v) is 4.86. The van der Waals surface area contributed by atoms with Crippen LogP contribution in [0.25, 0.3) is 0 Å². The molecule has 0 fully saturated rings. The van der Waals surface area contributed by atoms with E-state index in [0.29, 0.717) is 6.08 Å². The lowest BCUT2D eigenvalue weighted by Gasteiger charge is -1.91. The van der Waals surface area contributed by atoms with Gasteiger partial charge in [0.2, 0.25) is 0 Å². The highest BCUT2D eigenvalue weighted by Crippen LogP contribution is 1.80. The lowest BCUT2D eigenvalue weighted by Crippen LogP contribution is -2.19. The van der Waals surface area contributed by atoms with Crippen LogP contribution in [0.1, 0.15) is 0 Å².